The smallest absolute Gasteiger partial charge is 0.143 e. The van der Waals surface area contributed by atoms with Crippen molar-refractivity contribution in [3.63, 3.8) is 0 Å². The summed E-state index contributed by atoms with van der Waals surface area (Å²) in [6, 6.07) is 14.1. The topological polar surface area (TPSA) is 45.0 Å². The van der Waals surface area contributed by atoms with Gasteiger partial charge in [-0.3, -0.25) is 0 Å². The SMILES string of the molecule is COc1cccc(CCNc2ccc(C#N)c(F)c2)c1. The van der Waals surface area contributed by atoms with Gasteiger partial charge in [-0.1, -0.05) is 12.1 Å². The first-order chi connectivity index (χ1) is 9.72. The zero-order chi connectivity index (χ0) is 14.4. The number of anilines is 1. The maximum absolute atomic E-state index is 13.4. The second kappa shape index (κ2) is 6.58. The number of hydrogen-bond donors (Lipinski definition) is 1. The Morgan fingerprint density at radius 3 is 2.80 bits per heavy atom. The van der Waals surface area contributed by atoms with E-state index in [1.165, 1.54) is 12.1 Å². The van der Waals surface area contributed by atoms with Gasteiger partial charge in [-0.25, -0.2) is 4.39 Å². The number of nitrogens with zero attached hydrogens (tertiary/aromatic N) is 1. The monoisotopic (exact) mass is 270 g/mol. The lowest BCUT2D eigenvalue weighted by Crippen LogP contribution is -2.05. The van der Waals surface area contributed by atoms with Crippen LogP contribution in [0.25, 0.3) is 0 Å². The summed E-state index contributed by atoms with van der Waals surface area (Å²) < 4.78 is 18.6. The normalized spacial score (nSPS) is 9.85. The van der Waals surface area contributed by atoms with E-state index in [0.717, 1.165) is 17.7 Å². The average molecular weight is 270 g/mol. The van der Waals surface area contributed by atoms with Crippen molar-refractivity contribution in [1.82, 2.24) is 0 Å². The van der Waals surface area contributed by atoms with E-state index >= 15 is 0 Å². The van der Waals surface area contributed by atoms with E-state index in [0.29, 0.717) is 12.2 Å². The molecule has 1 N–H and O–H groups in total. The molecule has 2 rings (SSSR count). The van der Waals surface area contributed by atoms with Crippen LogP contribution in [-0.2, 0) is 6.42 Å². The van der Waals surface area contributed by atoms with Gasteiger partial charge in [-0.15, -0.1) is 0 Å². The maximum atomic E-state index is 13.4. The Kier molecular flexibility index (Phi) is 4.56. The lowest BCUT2D eigenvalue weighted by molar-refractivity contribution is 0.414. The molecule has 0 unspecified atom stereocenters. The van der Waals surface area contributed by atoms with Crippen LogP contribution < -0.4 is 10.1 Å². The van der Waals surface area contributed by atoms with Crippen molar-refractivity contribution in [2.75, 3.05) is 19.0 Å². The molecule has 2 aromatic rings. The highest BCUT2D eigenvalue weighted by Crippen LogP contribution is 2.15. The number of hydrogen-bond acceptors (Lipinski definition) is 3. The van der Waals surface area contributed by atoms with E-state index < -0.39 is 5.82 Å². The van der Waals surface area contributed by atoms with Crippen LogP contribution in [0.2, 0.25) is 0 Å². The zero-order valence-electron chi connectivity index (χ0n) is 11.2. The summed E-state index contributed by atoms with van der Waals surface area (Å²) >= 11 is 0. The van der Waals surface area contributed by atoms with Crippen molar-refractivity contribution in [3.05, 3.63) is 59.4 Å². The van der Waals surface area contributed by atoms with Crippen LogP contribution in [0.1, 0.15) is 11.1 Å². The summed E-state index contributed by atoms with van der Waals surface area (Å²) in [5.74, 6) is 0.325. The molecule has 0 aliphatic rings. The Morgan fingerprint density at radius 1 is 1.25 bits per heavy atom. The van der Waals surface area contributed by atoms with Crippen LogP contribution in [0.3, 0.4) is 0 Å². The molecule has 4 heteroatoms. The van der Waals surface area contributed by atoms with Gasteiger partial charge >= 0.3 is 0 Å². The molecule has 0 aliphatic carbocycles. The summed E-state index contributed by atoms with van der Waals surface area (Å²) in [6.07, 6.45) is 0.804. The van der Waals surface area contributed by atoms with E-state index in [9.17, 15) is 4.39 Å². The predicted octanol–water partition coefficient (Wildman–Crippen LogP) is 3.36. The number of methoxy groups -OCH3 is 1. The van der Waals surface area contributed by atoms with Gasteiger partial charge in [0.1, 0.15) is 17.6 Å². The first kappa shape index (κ1) is 13.9. The second-order valence-corrected chi connectivity index (χ2v) is 4.33. The first-order valence-electron chi connectivity index (χ1n) is 6.29. The minimum Gasteiger partial charge on any atom is -0.497 e. The van der Waals surface area contributed by atoms with Gasteiger partial charge in [0, 0.05) is 12.2 Å². The zero-order valence-corrected chi connectivity index (χ0v) is 11.2. The van der Waals surface area contributed by atoms with E-state index in [4.69, 9.17) is 10.00 Å². The molecule has 0 bridgehead atoms. The van der Waals surface area contributed by atoms with E-state index in [1.807, 2.05) is 24.3 Å². The Bertz CT molecular complexity index is 635. The Morgan fingerprint density at radius 2 is 2.10 bits per heavy atom. The van der Waals surface area contributed by atoms with Crippen molar-refractivity contribution >= 4 is 5.69 Å². The molecule has 0 saturated heterocycles. The summed E-state index contributed by atoms with van der Waals surface area (Å²) in [6.45, 7) is 0.679. The molecule has 102 valence electrons. The fourth-order valence-electron chi connectivity index (χ4n) is 1.89. The molecule has 2 aromatic carbocycles. The summed E-state index contributed by atoms with van der Waals surface area (Å²) in [5, 5.41) is 11.8. The molecule has 20 heavy (non-hydrogen) atoms. The standard InChI is InChI=1S/C16H15FN2O/c1-20-15-4-2-3-12(9-15)7-8-19-14-6-5-13(11-18)16(17)10-14/h2-6,9-10,19H,7-8H2,1H3. The fraction of sp³-hybridized carbons (Fsp3) is 0.188. The lowest BCUT2D eigenvalue weighted by atomic mass is 10.1. The van der Waals surface area contributed by atoms with Crippen molar-refractivity contribution < 1.29 is 9.13 Å². The van der Waals surface area contributed by atoms with Crippen LogP contribution in [0, 0.1) is 17.1 Å². The highest BCUT2D eigenvalue weighted by Gasteiger charge is 2.02. The van der Waals surface area contributed by atoms with E-state index in [2.05, 4.69) is 5.32 Å². The fourth-order valence-corrected chi connectivity index (χ4v) is 1.89. The molecule has 3 nitrogen and oxygen atoms in total. The highest BCUT2D eigenvalue weighted by atomic mass is 19.1. The van der Waals surface area contributed by atoms with Crippen molar-refractivity contribution in [1.29, 1.82) is 5.26 Å². The molecule has 0 fully saturated rings. The van der Waals surface area contributed by atoms with Crippen LogP contribution >= 0.6 is 0 Å². The third-order valence-corrected chi connectivity index (χ3v) is 2.97. The third-order valence-electron chi connectivity index (χ3n) is 2.97. The van der Waals surface area contributed by atoms with Gasteiger partial charge in [0.2, 0.25) is 0 Å². The van der Waals surface area contributed by atoms with Crippen molar-refractivity contribution in [3.8, 4) is 11.8 Å². The molecule has 0 aliphatic heterocycles. The van der Waals surface area contributed by atoms with Gasteiger partial charge in [0.25, 0.3) is 0 Å². The minimum atomic E-state index is -0.501. The van der Waals surface area contributed by atoms with E-state index in [1.54, 1.807) is 19.2 Å². The van der Waals surface area contributed by atoms with Gasteiger partial charge in [-0.05, 0) is 42.3 Å². The van der Waals surface area contributed by atoms with Crippen LogP contribution in [0.5, 0.6) is 5.75 Å². The minimum absolute atomic E-state index is 0.0587. The number of ether oxygens (including phenoxy) is 1. The van der Waals surface area contributed by atoms with Crippen molar-refractivity contribution in [2.24, 2.45) is 0 Å². The molecule has 0 spiro atoms. The summed E-state index contributed by atoms with van der Waals surface area (Å²) in [4.78, 5) is 0. The molecule has 0 radical (unpaired) electrons. The summed E-state index contributed by atoms with van der Waals surface area (Å²) in [5.41, 5.74) is 1.87. The number of benzene rings is 2. The molecule has 0 saturated carbocycles. The van der Waals surface area contributed by atoms with Gasteiger partial charge < -0.3 is 10.1 Å². The number of nitrogens with one attached hydrogen (secondary N) is 1. The van der Waals surface area contributed by atoms with Gasteiger partial charge in [-0.2, -0.15) is 5.26 Å². The largest absolute Gasteiger partial charge is 0.497 e. The number of nitriles is 1. The summed E-state index contributed by atoms with van der Waals surface area (Å²) in [7, 11) is 1.64. The molecule has 0 heterocycles. The number of halogens is 1. The molecular weight excluding hydrogens is 255 g/mol. The molecule has 0 aromatic heterocycles. The van der Waals surface area contributed by atoms with Gasteiger partial charge in [0.05, 0.1) is 12.7 Å². The van der Waals surface area contributed by atoms with Crippen LogP contribution in [-0.4, -0.2) is 13.7 Å². The lowest BCUT2D eigenvalue weighted by Gasteiger charge is -2.08. The Labute approximate surface area is 117 Å². The van der Waals surface area contributed by atoms with Crippen LogP contribution in [0.15, 0.2) is 42.5 Å². The molecule has 0 amide bonds. The first-order valence-corrected chi connectivity index (χ1v) is 6.29. The predicted molar refractivity (Wildman–Crippen MR) is 76.3 cm³/mol. The van der Waals surface area contributed by atoms with Crippen molar-refractivity contribution in [2.45, 2.75) is 6.42 Å². The van der Waals surface area contributed by atoms with Crippen LogP contribution in [0.4, 0.5) is 10.1 Å². The van der Waals surface area contributed by atoms with Gasteiger partial charge in [0.15, 0.2) is 0 Å². The maximum Gasteiger partial charge on any atom is 0.143 e. The Hall–Kier alpha value is -2.54. The second-order valence-electron chi connectivity index (χ2n) is 4.33. The Balaban J connectivity index is 1.92. The average Bonchev–Trinajstić information content (AvgIpc) is 2.48. The molecular formula is C16H15FN2O. The van der Waals surface area contributed by atoms with E-state index in [-0.39, 0.29) is 5.56 Å². The quantitative estimate of drug-likeness (QED) is 0.906. The number of rotatable bonds is 5. The third kappa shape index (κ3) is 3.48. The highest BCUT2D eigenvalue weighted by molar-refractivity contribution is 5.48. The molecule has 0 atom stereocenters.